The normalized spacial score (nSPS) is 12.2. The summed E-state index contributed by atoms with van der Waals surface area (Å²) in [5.41, 5.74) is 3.47. The third kappa shape index (κ3) is 3.33. The van der Waals surface area contributed by atoms with Gasteiger partial charge in [0, 0.05) is 5.02 Å². The maximum Gasteiger partial charge on any atom is 0.119 e. The average Bonchev–Trinajstić information content (AvgIpc) is 2.44. The van der Waals surface area contributed by atoms with Gasteiger partial charge in [-0.1, -0.05) is 35.9 Å². The minimum Gasteiger partial charge on any atom is -0.494 e. The molecule has 106 valence electrons. The first kappa shape index (κ1) is 14.9. The first-order valence-electron chi connectivity index (χ1n) is 6.81. The number of rotatable bonds is 5. The quantitative estimate of drug-likeness (QED) is 0.883. The standard InChI is InChI=1S/C17H20ClNO/c1-4-20-15-7-5-6-13(11-15)17(19-3)14-8-9-16(18)12(2)10-14/h5-11,17,19H,4H2,1-3H3. The van der Waals surface area contributed by atoms with Crippen molar-refractivity contribution in [3.05, 3.63) is 64.2 Å². The van der Waals surface area contributed by atoms with Crippen molar-refractivity contribution in [3.63, 3.8) is 0 Å². The molecular weight excluding hydrogens is 270 g/mol. The summed E-state index contributed by atoms with van der Waals surface area (Å²) in [4.78, 5) is 0. The lowest BCUT2D eigenvalue weighted by Crippen LogP contribution is -2.17. The highest BCUT2D eigenvalue weighted by molar-refractivity contribution is 6.31. The molecule has 1 atom stereocenters. The third-order valence-corrected chi connectivity index (χ3v) is 3.73. The number of hydrogen-bond acceptors (Lipinski definition) is 2. The Morgan fingerprint density at radius 2 is 1.90 bits per heavy atom. The fourth-order valence-electron chi connectivity index (χ4n) is 2.32. The van der Waals surface area contributed by atoms with E-state index in [4.69, 9.17) is 16.3 Å². The molecule has 2 nitrogen and oxygen atoms in total. The zero-order chi connectivity index (χ0) is 14.5. The van der Waals surface area contributed by atoms with E-state index in [0.717, 1.165) is 16.3 Å². The molecule has 0 amide bonds. The number of hydrogen-bond donors (Lipinski definition) is 1. The molecule has 0 aliphatic rings. The Bertz CT molecular complexity index is 583. The van der Waals surface area contributed by atoms with E-state index in [9.17, 15) is 0 Å². The van der Waals surface area contributed by atoms with E-state index in [-0.39, 0.29) is 6.04 Å². The Morgan fingerprint density at radius 3 is 2.55 bits per heavy atom. The van der Waals surface area contributed by atoms with Gasteiger partial charge < -0.3 is 10.1 Å². The summed E-state index contributed by atoms with van der Waals surface area (Å²) in [6.07, 6.45) is 0. The second-order valence-corrected chi connectivity index (χ2v) is 5.14. The zero-order valence-electron chi connectivity index (χ0n) is 12.1. The highest BCUT2D eigenvalue weighted by Gasteiger charge is 2.13. The molecule has 0 radical (unpaired) electrons. The first-order chi connectivity index (χ1) is 9.65. The van der Waals surface area contributed by atoms with Gasteiger partial charge in [-0.3, -0.25) is 0 Å². The van der Waals surface area contributed by atoms with Gasteiger partial charge in [0.15, 0.2) is 0 Å². The summed E-state index contributed by atoms with van der Waals surface area (Å²) >= 11 is 6.10. The van der Waals surface area contributed by atoms with Crippen LogP contribution in [0.4, 0.5) is 0 Å². The van der Waals surface area contributed by atoms with Gasteiger partial charge in [-0.15, -0.1) is 0 Å². The molecule has 0 saturated carbocycles. The molecule has 1 unspecified atom stereocenters. The van der Waals surface area contributed by atoms with E-state index in [1.165, 1.54) is 11.1 Å². The molecule has 0 aromatic heterocycles. The van der Waals surface area contributed by atoms with Crippen molar-refractivity contribution < 1.29 is 4.74 Å². The minimum absolute atomic E-state index is 0.131. The predicted octanol–water partition coefficient (Wildman–Crippen LogP) is 4.36. The Labute approximate surface area is 125 Å². The van der Waals surface area contributed by atoms with Gasteiger partial charge in [0.05, 0.1) is 12.6 Å². The first-order valence-corrected chi connectivity index (χ1v) is 7.19. The number of nitrogens with one attached hydrogen (secondary N) is 1. The lowest BCUT2D eigenvalue weighted by molar-refractivity contribution is 0.339. The van der Waals surface area contributed by atoms with Crippen molar-refractivity contribution in [2.75, 3.05) is 13.7 Å². The maximum absolute atomic E-state index is 6.10. The monoisotopic (exact) mass is 289 g/mol. The molecule has 1 N–H and O–H groups in total. The van der Waals surface area contributed by atoms with Gasteiger partial charge in [0.25, 0.3) is 0 Å². The second-order valence-electron chi connectivity index (χ2n) is 4.74. The topological polar surface area (TPSA) is 21.3 Å². The Kier molecular flexibility index (Phi) is 5.05. The molecule has 20 heavy (non-hydrogen) atoms. The van der Waals surface area contributed by atoms with Crippen LogP contribution in [0.1, 0.15) is 29.7 Å². The summed E-state index contributed by atoms with van der Waals surface area (Å²) in [5.74, 6) is 0.899. The van der Waals surface area contributed by atoms with Crippen molar-refractivity contribution in [2.45, 2.75) is 19.9 Å². The molecule has 0 aliphatic heterocycles. The van der Waals surface area contributed by atoms with Gasteiger partial charge in [-0.25, -0.2) is 0 Å². The van der Waals surface area contributed by atoms with Crippen molar-refractivity contribution in [3.8, 4) is 5.75 Å². The van der Waals surface area contributed by atoms with Crippen LogP contribution in [0.3, 0.4) is 0 Å². The Hall–Kier alpha value is -1.51. The smallest absolute Gasteiger partial charge is 0.119 e. The fourth-order valence-corrected chi connectivity index (χ4v) is 2.44. The molecule has 0 saturated heterocycles. The zero-order valence-corrected chi connectivity index (χ0v) is 12.9. The van der Waals surface area contributed by atoms with Crippen LogP contribution >= 0.6 is 11.6 Å². The van der Waals surface area contributed by atoms with Gasteiger partial charge in [0.2, 0.25) is 0 Å². The minimum atomic E-state index is 0.131. The fraction of sp³-hybridized carbons (Fsp3) is 0.294. The lowest BCUT2D eigenvalue weighted by Gasteiger charge is -2.19. The molecule has 3 heteroatoms. The van der Waals surface area contributed by atoms with Crippen LogP contribution in [0.5, 0.6) is 5.75 Å². The number of benzene rings is 2. The molecule has 2 rings (SSSR count). The van der Waals surface area contributed by atoms with E-state index >= 15 is 0 Å². The third-order valence-electron chi connectivity index (χ3n) is 3.31. The summed E-state index contributed by atoms with van der Waals surface area (Å²) in [6.45, 7) is 4.69. The molecule has 2 aromatic carbocycles. The predicted molar refractivity (Wildman–Crippen MR) is 84.7 cm³/mol. The van der Waals surface area contributed by atoms with Crippen molar-refractivity contribution in [1.29, 1.82) is 0 Å². The van der Waals surface area contributed by atoms with E-state index in [0.29, 0.717) is 6.61 Å². The summed E-state index contributed by atoms with van der Waals surface area (Å²) < 4.78 is 5.57. The Morgan fingerprint density at radius 1 is 1.15 bits per heavy atom. The van der Waals surface area contributed by atoms with Gasteiger partial charge in [-0.2, -0.15) is 0 Å². The SMILES string of the molecule is CCOc1cccc(C(NC)c2ccc(Cl)c(C)c2)c1. The molecule has 2 aromatic rings. The highest BCUT2D eigenvalue weighted by Crippen LogP contribution is 2.27. The van der Waals surface area contributed by atoms with Gasteiger partial charge >= 0.3 is 0 Å². The van der Waals surface area contributed by atoms with E-state index < -0.39 is 0 Å². The average molecular weight is 290 g/mol. The molecule has 0 aliphatic carbocycles. The van der Waals surface area contributed by atoms with Crippen LogP contribution in [-0.2, 0) is 0 Å². The molecule has 0 bridgehead atoms. The van der Waals surface area contributed by atoms with E-state index in [1.54, 1.807) is 0 Å². The van der Waals surface area contributed by atoms with Crippen LogP contribution < -0.4 is 10.1 Å². The summed E-state index contributed by atoms with van der Waals surface area (Å²) in [6, 6.07) is 14.4. The van der Waals surface area contributed by atoms with Crippen LogP contribution in [-0.4, -0.2) is 13.7 Å². The molecule has 0 spiro atoms. The van der Waals surface area contributed by atoms with Crippen LogP contribution in [0.2, 0.25) is 5.02 Å². The summed E-state index contributed by atoms with van der Waals surface area (Å²) in [5, 5.41) is 4.15. The largest absolute Gasteiger partial charge is 0.494 e. The van der Waals surface area contributed by atoms with Crippen LogP contribution in [0.15, 0.2) is 42.5 Å². The van der Waals surface area contributed by atoms with Crippen molar-refractivity contribution in [2.24, 2.45) is 0 Å². The van der Waals surface area contributed by atoms with Crippen LogP contribution in [0.25, 0.3) is 0 Å². The second kappa shape index (κ2) is 6.78. The molecular formula is C17H20ClNO. The van der Waals surface area contributed by atoms with Gasteiger partial charge in [0.1, 0.15) is 5.75 Å². The van der Waals surface area contributed by atoms with E-state index in [2.05, 4.69) is 29.6 Å². The molecule has 0 heterocycles. The van der Waals surface area contributed by atoms with Crippen molar-refractivity contribution >= 4 is 11.6 Å². The Balaban J connectivity index is 2.36. The highest BCUT2D eigenvalue weighted by atomic mass is 35.5. The van der Waals surface area contributed by atoms with Crippen LogP contribution in [0, 0.1) is 6.92 Å². The van der Waals surface area contributed by atoms with E-state index in [1.807, 2.05) is 39.1 Å². The number of halogens is 1. The maximum atomic E-state index is 6.10. The summed E-state index contributed by atoms with van der Waals surface area (Å²) in [7, 11) is 1.96. The molecule has 0 fully saturated rings. The lowest BCUT2D eigenvalue weighted by atomic mass is 9.97. The van der Waals surface area contributed by atoms with Crippen molar-refractivity contribution in [1.82, 2.24) is 5.32 Å². The number of aryl methyl sites for hydroxylation is 1. The van der Waals surface area contributed by atoms with Gasteiger partial charge in [-0.05, 0) is 55.8 Å². The number of ether oxygens (including phenoxy) is 1.